The van der Waals surface area contributed by atoms with E-state index in [2.05, 4.69) is 34.6 Å². The zero-order valence-electron chi connectivity index (χ0n) is 11.5. The fourth-order valence-corrected chi connectivity index (χ4v) is 1.95. The molecule has 0 aliphatic rings. The van der Waals surface area contributed by atoms with Crippen LogP contribution in [0, 0.1) is 6.92 Å². The molecule has 0 radical (unpaired) electrons. The predicted molar refractivity (Wildman–Crippen MR) is 76.7 cm³/mol. The summed E-state index contributed by atoms with van der Waals surface area (Å²) in [6, 6.07) is 14.6. The van der Waals surface area contributed by atoms with Gasteiger partial charge in [-0.2, -0.15) is 0 Å². The molecule has 0 aliphatic heterocycles. The van der Waals surface area contributed by atoms with Crippen molar-refractivity contribution in [1.29, 1.82) is 0 Å². The van der Waals surface area contributed by atoms with Gasteiger partial charge in [0.05, 0.1) is 12.3 Å². The fourth-order valence-electron chi connectivity index (χ4n) is 1.95. The highest BCUT2D eigenvalue weighted by Crippen LogP contribution is 2.05. The van der Waals surface area contributed by atoms with Gasteiger partial charge >= 0.3 is 0 Å². The lowest BCUT2D eigenvalue weighted by Crippen LogP contribution is -2.13. The number of nitrogens with zero attached hydrogens (tertiary/aromatic N) is 1. The Bertz CT molecular complexity index is 508. The first-order valence-corrected chi connectivity index (χ1v) is 6.48. The van der Waals surface area contributed by atoms with Crippen molar-refractivity contribution in [3.63, 3.8) is 0 Å². The van der Waals surface area contributed by atoms with Gasteiger partial charge in [-0.15, -0.1) is 0 Å². The minimum Gasteiger partial charge on any atom is -0.380 e. The quantitative estimate of drug-likeness (QED) is 0.863. The van der Waals surface area contributed by atoms with Gasteiger partial charge in [0.15, 0.2) is 0 Å². The van der Waals surface area contributed by atoms with Crippen LogP contribution in [0.5, 0.6) is 0 Å². The van der Waals surface area contributed by atoms with Gasteiger partial charge in [-0.1, -0.05) is 30.3 Å². The molecule has 0 aliphatic carbocycles. The van der Waals surface area contributed by atoms with Gasteiger partial charge in [0.25, 0.3) is 0 Å². The van der Waals surface area contributed by atoms with Gasteiger partial charge in [-0.3, -0.25) is 4.98 Å². The summed E-state index contributed by atoms with van der Waals surface area (Å²) >= 11 is 0. The molecule has 0 saturated carbocycles. The number of pyridine rings is 1. The fraction of sp³-hybridized carbons (Fsp3) is 0.312. The Kier molecular flexibility index (Phi) is 5.07. The number of hydrogen-bond donors (Lipinski definition) is 1. The normalized spacial score (nSPS) is 10.6. The second kappa shape index (κ2) is 7.02. The Balaban J connectivity index is 1.82. The molecule has 1 N–H and O–H groups in total. The Morgan fingerprint density at radius 3 is 2.42 bits per heavy atom. The van der Waals surface area contributed by atoms with E-state index in [-0.39, 0.29) is 0 Å². The van der Waals surface area contributed by atoms with Crippen LogP contribution in [0.15, 0.2) is 42.5 Å². The second-order valence-electron chi connectivity index (χ2n) is 4.62. The molecule has 1 aromatic heterocycles. The van der Waals surface area contributed by atoms with Crippen LogP contribution in [0.25, 0.3) is 0 Å². The number of ether oxygens (including phenoxy) is 1. The van der Waals surface area contributed by atoms with Gasteiger partial charge < -0.3 is 10.1 Å². The maximum absolute atomic E-state index is 5.09. The largest absolute Gasteiger partial charge is 0.380 e. The van der Waals surface area contributed by atoms with Crippen LogP contribution in [0.2, 0.25) is 0 Å². The number of methoxy groups -OCH3 is 1. The molecule has 0 saturated heterocycles. The molecule has 100 valence electrons. The number of hydrogen-bond acceptors (Lipinski definition) is 3. The van der Waals surface area contributed by atoms with Crippen LogP contribution in [0.1, 0.15) is 22.5 Å². The first kappa shape index (κ1) is 13.7. The predicted octanol–water partition coefficient (Wildman–Crippen LogP) is 2.83. The molecule has 2 rings (SSSR count). The molecule has 0 unspecified atom stereocenters. The summed E-state index contributed by atoms with van der Waals surface area (Å²) in [6.45, 7) is 4.32. The lowest BCUT2D eigenvalue weighted by Gasteiger charge is -2.06. The van der Waals surface area contributed by atoms with Crippen LogP contribution < -0.4 is 5.32 Å². The van der Waals surface area contributed by atoms with E-state index in [1.807, 2.05) is 25.1 Å². The van der Waals surface area contributed by atoms with Crippen LogP contribution in [-0.2, 0) is 24.4 Å². The van der Waals surface area contributed by atoms with Crippen LogP contribution in [-0.4, -0.2) is 12.1 Å². The maximum atomic E-state index is 5.09. The van der Waals surface area contributed by atoms with Crippen molar-refractivity contribution in [2.24, 2.45) is 0 Å². The summed E-state index contributed by atoms with van der Waals surface area (Å²) in [5.74, 6) is 0. The van der Waals surface area contributed by atoms with E-state index in [1.165, 1.54) is 11.1 Å². The summed E-state index contributed by atoms with van der Waals surface area (Å²) in [5, 5.41) is 3.40. The summed E-state index contributed by atoms with van der Waals surface area (Å²) in [7, 11) is 1.71. The monoisotopic (exact) mass is 256 g/mol. The molecule has 1 aromatic carbocycles. The molecule has 0 fully saturated rings. The molecule has 0 amide bonds. The minimum atomic E-state index is 0.668. The zero-order valence-corrected chi connectivity index (χ0v) is 11.5. The Labute approximate surface area is 114 Å². The third kappa shape index (κ3) is 4.47. The van der Waals surface area contributed by atoms with Gasteiger partial charge in [0, 0.05) is 25.9 Å². The second-order valence-corrected chi connectivity index (χ2v) is 4.62. The average molecular weight is 256 g/mol. The minimum absolute atomic E-state index is 0.668. The Hall–Kier alpha value is -1.71. The third-order valence-corrected chi connectivity index (χ3v) is 2.92. The number of benzene rings is 1. The SMILES string of the molecule is COCc1ccc(CNCc2cccc(C)n2)cc1. The highest BCUT2D eigenvalue weighted by atomic mass is 16.5. The lowest BCUT2D eigenvalue weighted by molar-refractivity contribution is 0.185. The van der Waals surface area contributed by atoms with Crippen LogP contribution >= 0.6 is 0 Å². The lowest BCUT2D eigenvalue weighted by atomic mass is 10.1. The number of aromatic nitrogens is 1. The van der Waals surface area contributed by atoms with E-state index in [0.29, 0.717) is 6.61 Å². The summed E-state index contributed by atoms with van der Waals surface area (Å²) in [4.78, 5) is 4.46. The number of rotatable bonds is 6. The standard InChI is InChI=1S/C16H20N2O/c1-13-4-3-5-16(18-13)11-17-10-14-6-8-15(9-7-14)12-19-2/h3-9,17H,10-12H2,1-2H3. The van der Waals surface area contributed by atoms with E-state index in [9.17, 15) is 0 Å². The molecular formula is C16H20N2O. The maximum Gasteiger partial charge on any atom is 0.0713 e. The zero-order chi connectivity index (χ0) is 13.5. The van der Waals surface area contributed by atoms with Crippen molar-refractivity contribution < 1.29 is 4.74 Å². The summed E-state index contributed by atoms with van der Waals surface area (Å²) in [6.07, 6.45) is 0. The molecule has 1 heterocycles. The first-order chi connectivity index (χ1) is 9.28. The molecule has 0 spiro atoms. The van der Waals surface area contributed by atoms with Gasteiger partial charge in [0.1, 0.15) is 0 Å². The van der Waals surface area contributed by atoms with Crippen molar-refractivity contribution >= 4 is 0 Å². The van der Waals surface area contributed by atoms with Crippen molar-refractivity contribution in [3.8, 4) is 0 Å². The van der Waals surface area contributed by atoms with Gasteiger partial charge in [-0.05, 0) is 30.2 Å². The number of aryl methyl sites for hydroxylation is 1. The van der Waals surface area contributed by atoms with E-state index in [1.54, 1.807) is 7.11 Å². The van der Waals surface area contributed by atoms with E-state index in [4.69, 9.17) is 4.74 Å². The van der Waals surface area contributed by atoms with E-state index < -0.39 is 0 Å². The molecule has 0 atom stereocenters. The smallest absolute Gasteiger partial charge is 0.0713 e. The third-order valence-electron chi connectivity index (χ3n) is 2.92. The molecule has 0 bridgehead atoms. The van der Waals surface area contributed by atoms with Crippen molar-refractivity contribution in [2.75, 3.05) is 7.11 Å². The molecule has 2 aromatic rings. The Morgan fingerprint density at radius 1 is 1.00 bits per heavy atom. The molecule has 3 nitrogen and oxygen atoms in total. The highest BCUT2D eigenvalue weighted by molar-refractivity contribution is 5.22. The number of nitrogens with one attached hydrogen (secondary N) is 1. The van der Waals surface area contributed by atoms with Crippen LogP contribution in [0.3, 0.4) is 0 Å². The van der Waals surface area contributed by atoms with Gasteiger partial charge in [0.2, 0.25) is 0 Å². The average Bonchev–Trinajstić information content (AvgIpc) is 2.41. The molecule has 19 heavy (non-hydrogen) atoms. The van der Waals surface area contributed by atoms with Gasteiger partial charge in [-0.25, -0.2) is 0 Å². The van der Waals surface area contributed by atoms with Crippen molar-refractivity contribution in [1.82, 2.24) is 10.3 Å². The topological polar surface area (TPSA) is 34.1 Å². The summed E-state index contributed by atoms with van der Waals surface area (Å²) in [5.41, 5.74) is 4.61. The summed E-state index contributed by atoms with van der Waals surface area (Å²) < 4.78 is 5.09. The molecule has 3 heteroatoms. The van der Waals surface area contributed by atoms with Crippen molar-refractivity contribution in [2.45, 2.75) is 26.6 Å². The molecular weight excluding hydrogens is 236 g/mol. The first-order valence-electron chi connectivity index (χ1n) is 6.48. The highest BCUT2D eigenvalue weighted by Gasteiger charge is 1.97. The Morgan fingerprint density at radius 2 is 1.74 bits per heavy atom. The van der Waals surface area contributed by atoms with E-state index >= 15 is 0 Å². The van der Waals surface area contributed by atoms with Crippen molar-refractivity contribution in [3.05, 3.63) is 65.0 Å². The van der Waals surface area contributed by atoms with E-state index in [0.717, 1.165) is 24.5 Å². The van der Waals surface area contributed by atoms with Crippen LogP contribution in [0.4, 0.5) is 0 Å².